The minimum absolute atomic E-state index is 0.00346. The third-order valence-electron chi connectivity index (χ3n) is 3.60. The van der Waals surface area contributed by atoms with Gasteiger partial charge in [0, 0.05) is 11.3 Å². The summed E-state index contributed by atoms with van der Waals surface area (Å²) >= 11 is 0. The summed E-state index contributed by atoms with van der Waals surface area (Å²) in [5, 5.41) is 5.56. The van der Waals surface area contributed by atoms with Crippen LogP contribution in [0.15, 0.2) is 84.6 Å². The van der Waals surface area contributed by atoms with Gasteiger partial charge in [-0.2, -0.15) is 0 Å². The van der Waals surface area contributed by atoms with Crippen LogP contribution in [0, 0.1) is 0 Å². The van der Waals surface area contributed by atoms with Crippen LogP contribution >= 0.6 is 0 Å². The minimum atomic E-state index is -0.00346. The van der Waals surface area contributed by atoms with E-state index in [0.29, 0.717) is 11.3 Å². The van der Waals surface area contributed by atoms with Crippen LogP contribution in [-0.2, 0) is 0 Å². The molecule has 2 heteroatoms. The molecule has 3 aromatic carbocycles. The third-order valence-corrected chi connectivity index (χ3v) is 3.60. The number of fused-ring (bicyclic) bond motifs is 1. The van der Waals surface area contributed by atoms with E-state index in [1.807, 2.05) is 61.5 Å². The molecule has 0 aliphatic carbocycles. The lowest BCUT2D eigenvalue weighted by atomic mass is 10.1. The molecule has 0 saturated carbocycles. The maximum Gasteiger partial charge on any atom is 0.208 e. The van der Waals surface area contributed by atoms with Gasteiger partial charge >= 0.3 is 0 Å². The second-order valence-corrected chi connectivity index (χ2v) is 5.08. The van der Waals surface area contributed by atoms with Crippen molar-refractivity contribution in [3.8, 4) is 0 Å². The maximum atomic E-state index is 12.5. The van der Waals surface area contributed by atoms with Crippen LogP contribution in [0.4, 0.5) is 5.69 Å². The highest BCUT2D eigenvalue weighted by Gasteiger charge is 2.11. The molecule has 22 heavy (non-hydrogen) atoms. The Kier molecular flexibility index (Phi) is 4.01. The zero-order valence-electron chi connectivity index (χ0n) is 12.4. The smallest absolute Gasteiger partial charge is 0.208 e. The molecule has 0 fully saturated rings. The highest BCUT2D eigenvalue weighted by molar-refractivity contribution is 6.10. The van der Waals surface area contributed by atoms with Gasteiger partial charge < -0.3 is 5.32 Å². The van der Waals surface area contributed by atoms with Gasteiger partial charge in [0.05, 0.1) is 5.70 Å². The normalized spacial score (nSPS) is 11.4. The van der Waals surface area contributed by atoms with Crippen LogP contribution in [0.1, 0.15) is 17.3 Å². The summed E-state index contributed by atoms with van der Waals surface area (Å²) < 4.78 is 0. The summed E-state index contributed by atoms with van der Waals surface area (Å²) in [6, 6.07) is 23.6. The summed E-state index contributed by atoms with van der Waals surface area (Å²) in [4.78, 5) is 12.5. The quantitative estimate of drug-likeness (QED) is 0.538. The predicted octanol–water partition coefficient (Wildman–Crippen LogP) is 5.04. The molecule has 2 nitrogen and oxygen atoms in total. The minimum Gasteiger partial charge on any atom is -0.353 e. The van der Waals surface area contributed by atoms with Gasteiger partial charge in [-0.05, 0) is 29.8 Å². The number of benzene rings is 3. The van der Waals surface area contributed by atoms with E-state index in [9.17, 15) is 4.79 Å². The lowest BCUT2D eigenvalue weighted by Gasteiger charge is -2.11. The molecule has 0 saturated heterocycles. The molecule has 3 rings (SSSR count). The first-order valence-corrected chi connectivity index (χ1v) is 7.30. The topological polar surface area (TPSA) is 29.1 Å². The van der Waals surface area contributed by atoms with Crippen LogP contribution in [-0.4, -0.2) is 5.78 Å². The number of hydrogen-bond acceptors (Lipinski definition) is 2. The predicted molar refractivity (Wildman–Crippen MR) is 92.1 cm³/mol. The van der Waals surface area contributed by atoms with Crippen molar-refractivity contribution < 1.29 is 4.79 Å². The molecular formula is C20H17NO. The molecule has 0 bridgehead atoms. The number of rotatable bonds is 4. The average molecular weight is 287 g/mol. The molecule has 0 aliphatic heterocycles. The second kappa shape index (κ2) is 6.27. The highest BCUT2D eigenvalue weighted by Crippen LogP contribution is 2.21. The van der Waals surface area contributed by atoms with Crippen LogP contribution in [0.2, 0.25) is 0 Å². The van der Waals surface area contributed by atoms with Crippen LogP contribution in [0.5, 0.6) is 0 Å². The van der Waals surface area contributed by atoms with Gasteiger partial charge in [-0.3, -0.25) is 4.79 Å². The molecule has 108 valence electrons. The number of allylic oxidation sites excluding steroid dienone is 2. The number of hydrogen-bond donors (Lipinski definition) is 1. The molecule has 0 unspecified atom stereocenters. The van der Waals surface area contributed by atoms with E-state index in [2.05, 4.69) is 29.6 Å². The Morgan fingerprint density at radius 3 is 2.27 bits per heavy atom. The van der Waals surface area contributed by atoms with Gasteiger partial charge in [0.1, 0.15) is 0 Å². The number of ketones is 1. The Balaban J connectivity index is 1.87. The first-order valence-electron chi connectivity index (χ1n) is 7.30. The van der Waals surface area contributed by atoms with Crippen molar-refractivity contribution >= 4 is 22.2 Å². The molecular weight excluding hydrogens is 270 g/mol. The highest BCUT2D eigenvalue weighted by atomic mass is 16.1. The Morgan fingerprint density at radius 2 is 1.55 bits per heavy atom. The van der Waals surface area contributed by atoms with Crippen molar-refractivity contribution in [3.05, 3.63) is 90.1 Å². The second-order valence-electron chi connectivity index (χ2n) is 5.08. The van der Waals surface area contributed by atoms with E-state index in [4.69, 9.17) is 0 Å². The summed E-state index contributed by atoms with van der Waals surface area (Å²) in [7, 11) is 0. The van der Waals surface area contributed by atoms with Gasteiger partial charge in [-0.1, -0.05) is 66.7 Å². The Hall–Kier alpha value is -2.87. The van der Waals surface area contributed by atoms with Crippen molar-refractivity contribution in [2.24, 2.45) is 0 Å². The summed E-state index contributed by atoms with van der Waals surface area (Å²) in [5.41, 5.74) is 2.18. The molecule has 1 N–H and O–H groups in total. The molecule has 0 amide bonds. The van der Waals surface area contributed by atoms with Gasteiger partial charge in [-0.15, -0.1) is 0 Å². The van der Waals surface area contributed by atoms with E-state index in [-0.39, 0.29) is 5.78 Å². The monoisotopic (exact) mass is 287 g/mol. The van der Waals surface area contributed by atoms with Crippen LogP contribution in [0.3, 0.4) is 0 Å². The fourth-order valence-corrected chi connectivity index (χ4v) is 2.43. The number of nitrogens with one attached hydrogen (secondary N) is 1. The molecule has 3 aromatic rings. The third kappa shape index (κ3) is 2.91. The van der Waals surface area contributed by atoms with E-state index in [1.165, 1.54) is 5.39 Å². The van der Waals surface area contributed by atoms with Crippen molar-refractivity contribution in [2.75, 3.05) is 5.32 Å². The standard InChI is InChI=1S/C20H17NO/c1-2-19(20(22)16-9-4-3-5-10-16)21-18-13-12-15-8-6-7-11-17(15)14-18/h2-14,21H,1H3. The first-order chi connectivity index (χ1) is 10.8. The fourth-order valence-electron chi connectivity index (χ4n) is 2.43. The van der Waals surface area contributed by atoms with Gasteiger partial charge in [0.25, 0.3) is 0 Å². The van der Waals surface area contributed by atoms with Gasteiger partial charge in [0.2, 0.25) is 5.78 Å². The largest absolute Gasteiger partial charge is 0.353 e. The zero-order valence-corrected chi connectivity index (χ0v) is 12.4. The van der Waals surface area contributed by atoms with Crippen LogP contribution in [0.25, 0.3) is 10.8 Å². The number of anilines is 1. The van der Waals surface area contributed by atoms with Gasteiger partial charge in [0.15, 0.2) is 0 Å². The maximum absolute atomic E-state index is 12.5. The zero-order chi connectivity index (χ0) is 15.4. The van der Waals surface area contributed by atoms with Crippen molar-refractivity contribution in [2.45, 2.75) is 6.92 Å². The molecule has 0 aliphatic rings. The van der Waals surface area contributed by atoms with E-state index >= 15 is 0 Å². The van der Waals surface area contributed by atoms with Crippen LogP contribution < -0.4 is 5.32 Å². The first kappa shape index (κ1) is 14.1. The summed E-state index contributed by atoms with van der Waals surface area (Å²) in [6.07, 6.45) is 1.81. The van der Waals surface area contributed by atoms with E-state index in [0.717, 1.165) is 11.1 Å². The number of carbonyl (C=O) groups excluding carboxylic acids is 1. The Morgan fingerprint density at radius 1 is 0.864 bits per heavy atom. The SMILES string of the molecule is CC=C(Nc1ccc2ccccc2c1)C(=O)c1ccccc1. The average Bonchev–Trinajstić information content (AvgIpc) is 2.59. The fraction of sp³-hybridized carbons (Fsp3) is 0.0500. The summed E-state index contributed by atoms with van der Waals surface area (Å²) in [6.45, 7) is 1.87. The Bertz CT molecular complexity index is 834. The lowest BCUT2D eigenvalue weighted by Crippen LogP contribution is -2.11. The number of carbonyl (C=O) groups is 1. The molecule has 0 atom stereocenters. The molecule has 0 spiro atoms. The van der Waals surface area contributed by atoms with Crippen molar-refractivity contribution in [1.29, 1.82) is 0 Å². The number of Topliss-reactive ketones (excluding diaryl/α,β-unsaturated/α-hetero) is 1. The molecule has 0 aromatic heterocycles. The van der Waals surface area contributed by atoms with E-state index < -0.39 is 0 Å². The Labute approximate surface area is 130 Å². The molecule has 0 radical (unpaired) electrons. The van der Waals surface area contributed by atoms with Gasteiger partial charge in [-0.25, -0.2) is 0 Å². The van der Waals surface area contributed by atoms with Crippen molar-refractivity contribution in [1.82, 2.24) is 0 Å². The van der Waals surface area contributed by atoms with Crippen molar-refractivity contribution in [3.63, 3.8) is 0 Å². The lowest BCUT2D eigenvalue weighted by molar-refractivity contribution is 0.103. The van der Waals surface area contributed by atoms with E-state index in [1.54, 1.807) is 0 Å². The summed E-state index contributed by atoms with van der Waals surface area (Å²) in [5.74, 6) is -0.00346. The molecule has 0 heterocycles.